The first-order valence-corrected chi connectivity index (χ1v) is 3.72. The largest absolute Gasteiger partial charge is 0.339 e. The van der Waals surface area contributed by atoms with Crippen molar-refractivity contribution in [2.24, 2.45) is 11.7 Å². The Bertz CT molecular complexity index is 195. The van der Waals surface area contributed by atoms with E-state index in [1.54, 1.807) is 0 Å². The van der Waals surface area contributed by atoms with E-state index in [2.05, 4.69) is 24.0 Å². The molecule has 1 unspecified atom stereocenters. The van der Waals surface area contributed by atoms with Gasteiger partial charge in [-0.1, -0.05) is 19.0 Å². The number of aromatic nitrogens is 2. The topological polar surface area (TPSA) is 64.9 Å². The molecule has 0 aliphatic heterocycles. The summed E-state index contributed by atoms with van der Waals surface area (Å²) in [5.41, 5.74) is 5.54. The van der Waals surface area contributed by atoms with Crippen LogP contribution < -0.4 is 5.73 Å². The highest BCUT2D eigenvalue weighted by molar-refractivity contribution is 4.91. The lowest BCUT2D eigenvalue weighted by molar-refractivity contribution is 0.323. The molecular formula is C7H13N3O. The molecule has 0 fully saturated rings. The van der Waals surface area contributed by atoms with Crippen molar-refractivity contribution in [2.75, 3.05) is 6.54 Å². The molecule has 1 rings (SSSR count). The quantitative estimate of drug-likeness (QED) is 0.700. The Morgan fingerprint density at radius 3 is 2.73 bits per heavy atom. The lowest BCUT2D eigenvalue weighted by atomic mass is 9.96. The van der Waals surface area contributed by atoms with Gasteiger partial charge in [-0.05, 0) is 5.92 Å². The minimum absolute atomic E-state index is 0.192. The van der Waals surface area contributed by atoms with Crippen molar-refractivity contribution in [3.05, 3.63) is 12.2 Å². The fraction of sp³-hybridized carbons (Fsp3) is 0.714. The average molecular weight is 155 g/mol. The van der Waals surface area contributed by atoms with Crippen LogP contribution in [-0.4, -0.2) is 16.7 Å². The van der Waals surface area contributed by atoms with Gasteiger partial charge in [0.05, 0.1) is 5.92 Å². The molecule has 1 heterocycles. The Morgan fingerprint density at radius 2 is 2.36 bits per heavy atom. The molecule has 0 radical (unpaired) electrons. The van der Waals surface area contributed by atoms with Crippen molar-refractivity contribution in [3.63, 3.8) is 0 Å². The summed E-state index contributed by atoms with van der Waals surface area (Å²) in [6, 6.07) is 0. The van der Waals surface area contributed by atoms with E-state index in [0.717, 1.165) is 0 Å². The highest BCUT2D eigenvalue weighted by Gasteiger charge is 2.18. The molecule has 62 valence electrons. The SMILES string of the molecule is CC(C)C(CN)c1ncno1. The fourth-order valence-corrected chi connectivity index (χ4v) is 1.00. The summed E-state index contributed by atoms with van der Waals surface area (Å²) in [6.45, 7) is 4.73. The maximum atomic E-state index is 5.54. The zero-order valence-electron chi connectivity index (χ0n) is 6.82. The predicted octanol–water partition coefficient (Wildman–Crippen LogP) is 0.768. The van der Waals surface area contributed by atoms with Crippen LogP contribution >= 0.6 is 0 Å². The van der Waals surface area contributed by atoms with Crippen LogP contribution in [0.4, 0.5) is 0 Å². The van der Waals surface area contributed by atoms with E-state index >= 15 is 0 Å². The Morgan fingerprint density at radius 1 is 1.64 bits per heavy atom. The minimum Gasteiger partial charge on any atom is -0.339 e. The van der Waals surface area contributed by atoms with Crippen molar-refractivity contribution in [1.82, 2.24) is 10.1 Å². The van der Waals surface area contributed by atoms with E-state index in [9.17, 15) is 0 Å². The third kappa shape index (κ3) is 1.77. The van der Waals surface area contributed by atoms with Crippen LogP contribution in [-0.2, 0) is 0 Å². The Balaban J connectivity index is 2.71. The van der Waals surface area contributed by atoms with Gasteiger partial charge in [0, 0.05) is 6.54 Å². The van der Waals surface area contributed by atoms with E-state index in [1.807, 2.05) is 0 Å². The average Bonchev–Trinajstić information content (AvgIpc) is 2.40. The van der Waals surface area contributed by atoms with Gasteiger partial charge >= 0.3 is 0 Å². The van der Waals surface area contributed by atoms with Crippen molar-refractivity contribution in [1.29, 1.82) is 0 Å². The Labute approximate surface area is 65.8 Å². The van der Waals surface area contributed by atoms with Crippen LogP contribution in [0.3, 0.4) is 0 Å². The van der Waals surface area contributed by atoms with Crippen LogP contribution in [0.2, 0.25) is 0 Å². The smallest absolute Gasteiger partial charge is 0.230 e. The zero-order valence-corrected chi connectivity index (χ0v) is 6.82. The molecule has 0 saturated carbocycles. The zero-order chi connectivity index (χ0) is 8.27. The first kappa shape index (κ1) is 8.20. The van der Waals surface area contributed by atoms with Crippen molar-refractivity contribution >= 4 is 0 Å². The van der Waals surface area contributed by atoms with Gasteiger partial charge in [0.2, 0.25) is 5.89 Å². The summed E-state index contributed by atoms with van der Waals surface area (Å²) < 4.78 is 4.91. The van der Waals surface area contributed by atoms with Crippen molar-refractivity contribution in [3.8, 4) is 0 Å². The molecule has 1 aromatic heterocycles. The van der Waals surface area contributed by atoms with E-state index in [4.69, 9.17) is 10.3 Å². The summed E-state index contributed by atoms with van der Waals surface area (Å²) in [4.78, 5) is 3.95. The standard InChI is InChI=1S/C7H13N3O/c1-5(2)6(3-8)7-9-4-10-11-7/h4-6H,3,8H2,1-2H3. The molecule has 0 bridgehead atoms. The molecule has 0 aliphatic rings. The van der Waals surface area contributed by atoms with E-state index in [0.29, 0.717) is 18.4 Å². The molecule has 0 amide bonds. The fourth-order valence-electron chi connectivity index (χ4n) is 1.00. The highest BCUT2D eigenvalue weighted by atomic mass is 16.5. The highest BCUT2D eigenvalue weighted by Crippen LogP contribution is 2.19. The maximum absolute atomic E-state index is 5.54. The molecule has 0 aromatic carbocycles. The molecule has 0 saturated heterocycles. The molecule has 0 spiro atoms. The summed E-state index contributed by atoms with van der Waals surface area (Å²) in [5, 5.41) is 3.53. The normalized spacial score (nSPS) is 13.8. The second kappa shape index (κ2) is 3.48. The van der Waals surface area contributed by atoms with Gasteiger partial charge in [0.15, 0.2) is 6.33 Å². The lowest BCUT2D eigenvalue weighted by Crippen LogP contribution is -2.17. The molecule has 4 nitrogen and oxygen atoms in total. The second-order valence-electron chi connectivity index (χ2n) is 2.87. The van der Waals surface area contributed by atoms with Crippen LogP contribution in [0.15, 0.2) is 10.9 Å². The summed E-state index contributed by atoms with van der Waals surface area (Å²) >= 11 is 0. The van der Waals surface area contributed by atoms with Crippen LogP contribution in [0.1, 0.15) is 25.7 Å². The first-order chi connectivity index (χ1) is 5.25. The Hall–Kier alpha value is -0.900. The van der Waals surface area contributed by atoms with E-state index in [-0.39, 0.29) is 5.92 Å². The number of nitrogens with zero attached hydrogens (tertiary/aromatic N) is 2. The van der Waals surface area contributed by atoms with Crippen LogP contribution in [0.5, 0.6) is 0 Å². The van der Waals surface area contributed by atoms with Gasteiger partial charge in [0.25, 0.3) is 0 Å². The maximum Gasteiger partial charge on any atom is 0.230 e. The monoisotopic (exact) mass is 155 g/mol. The molecule has 2 N–H and O–H groups in total. The van der Waals surface area contributed by atoms with Gasteiger partial charge in [-0.3, -0.25) is 0 Å². The first-order valence-electron chi connectivity index (χ1n) is 3.72. The van der Waals surface area contributed by atoms with Crippen LogP contribution in [0.25, 0.3) is 0 Å². The predicted molar refractivity (Wildman–Crippen MR) is 40.9 cm³/mol. The van der Waals surface area contributed by atoms with Gasteiger partial charge in [-0.25, -0.2) is 0 Å². The molecule has 1 aromatic rings. The molecular weight excluding hydrogens is 142 g/mol. The van der Waals surface area contributed by atoms with Crippen molar-refractivity contribution < 1.29 is 4.52 Å². The minimum atomic E-state index is 0.192. The number of rotatable bonds is 3. The Kier molecular flexibility index (Phi) is 2.59. The van der Waals surface area contributed by atoms with Gasteiger partial charge in [-0.15, -0.1) is 0 Å². The number of hydrogen-bond donors (Lipinski definition) is 1. The molecule has 0 aliphatic carbocycles. The third-order valence-corrected chi connectivity index (χ3v) is 1.75. The number of hydrogen-bond acceptors (Lipinski definition) is 4. The van der Waals surface area contributed by atoms with E-state index < -0.39 is 0 Å². The van der Waals surface area contributed by atoms with Gasteiger partial charge in [-0.2, -0.15) is 4.98 Å². The van der Waals surface area contributed by atoms with E-state index in [1.165, 1.54) is 6.33 Å². The lowest BCUT2D eigenvalue weighted by Gasteiger charge is -2.12. The summed E-state index contributed by atoms with van der Waals surface area (Å²) in [7, 11) is 0. The van der Waals surface area contributed by atoms with Gasteiger partial charge in [0.1, 0.15) is 0 Å². The third-order valence-electron chi connectivity index (χ3n) is 1.75. The summed E-state index contributed by atoms with van der Waals surface area (Å²) in [6.07, 6.45) is 1.40. The van der Waals surface area contributed by atoms with Crippen LogP contribution in [0, 0.1) is 5.92 Å². The molecule has 1 atom stereocenters. The second-order valence-corrected chi connectivity index (χ2v) is 2.87. The molecule has 11 heavy (non-hydrogen) atoms. The summed E-state index contributed by atoms with van der Waals surface area (Å²) in [5.74, 6) is 1.28. The molecule has 4 heteroatoms. The van der Waals surface area contributed by atoms with Crippen molar-refractivity contribution in [2.45, 2.75) is 19.8 Å². The van der Waals surface area contributed by atoms with Gasteiger partial charge < -0.3 is 10.3 Å². The number of nitrogens with two attached hydrogens (primary N) is 1.